The van der Waals surface area contributed by atoms with Crippen LogP contribution >= 0.6 is 0 Å². The van der Waals surface area contributed by atoms with Crippen molar-refractivity contribution in [3.8, 4) is 22.5 Å². The maximum Gasteiger partial charge on any atom is 0.180 e. The maximum atomic E-state index is 5.76. The minimum atomic E-state index is -0.00629. The molecule has 9 nitrogen and oxygen atoms in total. The molecule has 0 amide bonds. The van der Waals surface area contributed by atoms with E-state index >= 15 is 0 Å². The molecule has 2 aliphatic heterocycles. The summed E-state index contributed by atoms with van der Waals surface area (Å²) in [4.78, 5) is 12.8. The first-order chi connectivity index (χ1) is 20.0. The molecule has 1 saturated carbocycles. The molecule has 0 radical (unpaired) electrons. The summed E-state index contributed by atoms with van der Waals surface area (Å²) < 4.78 is 5.76. The molecule has 1 N–H and O–H groups in total. The van der Waals surface area contributed by atoms with Gasteiger partial charge in [-0.3, -0.25) is 0 Å². The van der Waals surface area contributed by atoms with Crippen LogP contribution in [0.5, 0.6) is 0 Å². The number of aromatic amines is 1. The maximum absolute atomic E-state index is 5.76. The zero-order valence-corrected chi connectivity index (χ0v) is 24.7. The molecule has 1 aliphatic carbocycles. The lowest BCUT2D eigenvalue weighted by atomic mass is 9.86. The number of H-pyrrole nitrogens is 1. The minimum Gasteiger partial charge on any atom is -0.362 e. The van der Waals surface area contributed by atoms with Crippen molar-refractivity contribution in [1.82, 2.24) is 35.3 Å². The monoisotopic (exact) mass is 554 g/mol. The van der Waals surface area contributed by atoms with Crippen molar-refractivity contribution in [3.63, 3.8) is 0 Å². The predicted molar refractivity (Wildman–Crippen MR) is 161 cm³/mol. The van der Waals surface area contributed by atoms with Crippen LogP contribution in [0.15, 0.2) is 65.4 Å². The Labute approximate surface area is 243 Å². The highest BCUT2D eigenvalue weighted by Crippen LogP contribution is 2.39. The van der Waals surface area contributed by atoms with Gasteiger partial charge in [0.1, 0.15) is 12.4 Å². The van der Waals surface area contributed by atoms with E-state index in [1.807, 2.05) is 6.07 Å². The number of aliphatic imine (C=N–C) groups is 1. The molecule has 2 atom stereocenters. The molecule has 0 saturated heterocycles. The largest absolute Gasteiger partial charge is 0.362 e. The normalized spacial score (nSPS) is 20.3. The molecule has 6 rings (SSSR count). The third-order valence-corrected chi connectivity index (χ3v) is 8.64. The summed E-state index contributed by atoms with van der Waals surface area (Å²) in [7, 11) is 1.79. The SMILES string of the molecule is COC(C)N1C=C2C(=NC(C3CCCCC3)N2Cc2ccc(-c3ccccc3-c3nnn[nH]3)cc2)N(CC(C)C)C1. The zero-order valence-electron chi connectivity index (χ0n) is 24.7. The van der Waals surface area contributed by atoms with Crippen LogP contribution in [0.25, 0.3) is 22.5 Å². The number of hydrogen-bond donors (Lipinski definition) is 1. The molecule has 1 fully saturated rings. The molecule has 41 heavy (non-hydrogen) atoms. The van der Waals surface area contributed by atoms with Crippen molar-refractivity contribution in [2.45, 2.75) is 71.8 Å². The number of tetrazole rings is 1. The van der Waals surface area contributed by atoms with E-state index in [-0.39, 0.29) is 12.4 Å². The summed E-state index contributed by atoms with van der Waals surface area (Å²) in [5.41, 5.74) is 5.74. The van der Waals surface area contributed by atoms with E-state index in [0.717, 1.165) is 42.3 Å². The van der Waals surface area contributed by atoms with Gasteiger partial charge in [-0.05, 0) is 58.7 Å². The number of methoxy groups -OCH3 is 1. The van der Waals surface area contributed by atoms with Gasteiger partial charge in [-0.2, -0.15) is 0 Å². The lowest BCUT2D eigenvalue weighted by Gasteiger charge is -2.41. The van der Waals surface area contributed by atoms with Crippen molar-refractivity contribution < 1.29 is 4.74 Å². The number of aromatic nitrogens is 4. The number of hydrogen-bond acceptors (Lipinski definition) is 8. The van der Waals surface area contributed by atoms with E-state index in [1.54, 1.807) is 7.11 Å². The second kappa shape index (κ2) is 12.0. The number of rotatable bonds is 9. The van der Waals surface area contributed by atoms with Crippen LogP contribution in [0, 0.1) is 11.8 Å². The Bertz CT molecular complexity index is 1360. The second-order valence-electron chi connectivity index (χ2n) is 12.0. The first kappa shape index (κ1) is 27.4. The first-order valence-corrected chi connectivity index (χ1v) is 15.0. The van der Waals surface area contributed by atoms with Crippen LogP contribution < -0.4 is 0 Å². The predicted octanol–water partition coefficient (Wildman–Crippen LogP) is 5.72. The van der Waals surface area contributed by atoms with E-state index in [1.165, 1.54) is 43.4 Å². The van der Waals surface area contributed by atoms with Gasteiger partial charge in [0.25, 0.3) is 0 Å². The van der Waals surface area contributed by atoms with Gasteiger partial charge < -0.3 is 19.4 Å². The molecule has 0 bridgehead atoms. The number of fused-ring (bicyclic) bond motifs is 1. The quantitative estimate of drug-likeness (QED) is 0.362. The Morgan fingerprint density at radius 2 is 1.73 bits per heavy atom. The summed E-state index contributed by atoms with van der Waals surface area (Å²) in [6.45, 7) is 9.28. The van der Waals surface area contributed by atoms with Gasteiger partial charge in [0.2, 0.25) is 0 Å². The summed E-state index contributed by atoms with van der Waals surface area (Å²) in [5, 5.41) is 14.6. The van der Waals surface area contributed by atoms with Gasteiger partial charge in [-0.1, -0.05) is 81.6 Å². The molecular formula is C32H42N8O. The van der Waals surface area contributed by atoms with E-state index in [4.69, 9.17) is 9.73 Å². The average Bonchev–Trinajstić information content (AvgIpc) is 3.66. The standard InChI is InChI=1S/C32H42N8O/c1-22(2)18-39-21-38(23(3)41-4)20-29-32(39)33-31(26-10-6-5-7-11-26)40(29)19-24-14-16-25(17-15-24)27-12-8-9-13-28(27)30-34-36-37-35-30/h8-9,12-17,20,22-23,26,31H,5-7,10-11,18-19,21H2,1-4H3,(H,34,35,36,37). The van der Waals surface area contributed by atoms with Gasteiger partial charge in [0.05, 0.1) is 12.4 Å². The first-order valence-electron chi connectivity index (χ1n) is 15.0. The third-order valence-electron chi connectivity index (χ3n) is 8.64. The van der Waals surface area contributed by atoms with Gasteiger partial charge in [0.15, 0.2) is 11.7 Å². The van der Waals surface area contributed by atoms with E-state index in [9.17, 15) is 0 Å². The molecule has 1 aromatic heterocycles. The van der Waals surface area contributed by atoms with E-state index < -0.39 is 0 Å². The summed E-state index contributed by atoms with van der Waals surface area (Å²) in [6, 6.07) is 17.2. The highest BCUT2D eigenvalue weighted by Gasteiger charge is 2.41. The van der Waals surface area contributed by atoms with Crippen molar-refractivity contribution in [1.29, 1.82) is 0 Å². The lowest BCUT2D eigenvalue weighted by Crippen LogP contribution is -2.50. The molecule has 0 spiro atoms. The summed E-state index contributed by atoms with van der Waals surface area (Å²) in [6.07, 6.45) is 8.90. The second-order valence-corrected chi connectivity index (χ2v) is 12.0. The van der Waals surface area contributed by atoms with Crippen LogP contribution in [0.1, 0.15) is 58.4 Å². The average molecular weight is 555 g/mol. The smallest absolute Gasteiger partial charge is 0.180 e. The van der Waals surface area contributed by atoms with Gasteiger partial charge >= 0.3 is 0 Å². The Morgan fingerprint density at radius 1 is 0.976 bits per heavy atom. The van der Waals surface area contributed by atoms with Crippen molar-refractivity contribution >= 4 is 5.84 Å². The molecular weight excluding hydrogens is 512 g/mol. The minimum absolute atomic E-state index is 0.00629. The topological polar surface area (TPSA) is 85.8 Å². The van der Waals surface area contributed by atoms with E-state index in [0.29, 0.717) is 17.7 Å². The van der Waals surface area contributed by atoms with Crippen molar-refractivity contribution in [2.24, 2.45) is 16.8 Å². The van der Waals surface area contributed by atoms with Crippen molar-refractivity contribution in [2.75, 3.05) is 20.3 Å². The molecule has 216 valence electrons. The zero-order chi connectivity index (χ0) is 28.3. The summed E-state index contributed by atoms with van der Waals surface area (Å²) >= 11 is 0. The van der Waals surface area contributed by atoms with E-state index in [2.05, 4.69) is 105 Å². The Morgan fingerprint density at radius 3 is 2.41 bits per heavy atom. The van der Waals surface area contributed by atoms with Crippen LogP contribution in [0.4, 0.5) is 0 Å². The molecule has 3 aliphatic rings. The number of nitrogens with zero attached hydrogens (tertiary/aromatic N) is 7. The molecule has 9 heteroatoms. The molecule has 3 heterocycles. The van der Waals surface area contributed by atoms with Crippen LogP contribution in [-0.4, -0.2) is 73.9 Å². The van der Waals surface area contributed by atoms with Crippen molar-refractivity contribution in [3.05, 3.63) is 66.0 Å². The molecule has 3 aromatic rings. The fraction of sp³-hybridized carbons (Fsp3) is 0.500. The number of amidine groups is 1. The Balaban J connectivity index is 1.31. The Kier molecular flexibility index (Phi) is 8.05. The molecule has 2 aromatic carbocycles. The number of benzene rings is 2. The van der Waals surface area contributed by atoms with Crippen LogP contribution in [0.2, 0.25) is 0 Å². The van der Waals surface area contributed by atoms with Crippen LogP contribution in [-0.2, 0) is 11.3 Å². The lowest BCUT2D eigenvalue weighted by molar-refractivity contribution is -0.0126. The molecule has 2 unspecified atom stereocenters. The fourth-order valence-electron chi connectivity index (χ4n) is 6.48. The highest BCUT2D eigenvalue weighted by atomic mass is 16.5. The number of ether oxygens (including phenoxy) is 1. The third kappa shape index (κ3) is 5.73. The van der Waals surface area contributed by atoms with Gasteiger partial charge in [-0.25, -0.2) is 10.1 Å². The highest BCUT2D eigenvalue weighted by molar-refractivity contribution is 6.00. The fourth-order valence-corrected chi connectivity index (χ4v) is 6.48. The Hall–Kier alpha value is -3.72. The van der Waals surface area contributed by atoms with Crippen LogP contribution in [0.3, 0.4) is 0 Å². The summed E-state index contributed by atoms with van der Waals surface area (Å²) in [5.74, 6) is 2.95. The number of nitrogens with one attached hydrogen (secondary N) is 1. The van der Waals surface area contributed by atoms with Gasteiger partial charge in [0, 0.05) is 32.0 Å². The van der Waals surface area contributed by atoms with Gasteiger partial charge in [-0.15, -0.1) is 5.10 Å².